The van der Waals surface area contributed by atoms with E-state index < -0.39 is 28.5 Å². The molecule has 0 unspecified atom stereocenters. The first-order valence-electron chi connectivity index (χ1n) is 14.1. The quantitative estimate of drug-likeness (QED) is 0.282. The summed E-state index contributed by atoms with van der Waals surface area (Å²) in [5, 5.41) is 2.90. The molecular formula is C32H41N3O5S. The molecule has 0 aliphatic carbocycles. The second-order valence-electron chi connectivity index (χ2n) is 9.97. The third-order valence-electron chi connectivity index (χ3n) is 6.73. The maximum Gasteiger partial charge on any atom is 0.264 e. The zero-order valence-corrected chi connectivity index (χ0v) is 25.4. The number of nitrogens with zero attached hydrogens (tertiary/aromatic N) is 2. The van der Waals surface area contributed by atoms with Gasteiger partial charge < -0.3 is 15.0 Å². The van der Waals surface area contributed by atoms with Gasteiger partial charge in [-0.15, -0.1) is 0 Å². The largest absolute Gasteiger partial charge is 0.494 e. The Bertz CT molecular complexity index is 1390. The number of anilines is 1. The summed E-state index contributed by atoms with van der Waals surface area (Å²) in [5.74, 6) is -0.178. The van der Waals surface area contributed by atoms with Crippen molar-refractivity contribution in [1.82, 2.24) is 10.2 Å². The van der Waals surface area contributed by atoms with Crippen molar-refractivity contribution in [3.63, 3.8) is 0 Å². The van der Waals surface area contributed by atoms with E-state index in [1.165, 1.54) is 17.0 Å². The minimum Gasteiger partial charge on any atom is -0.494 e. The summed E-state index contributed by atoms with van der Waals surface area (Å²) in [6, 6.07) is 20.1. The highest BCUT2D eigenvalue weighted by Crippen LogP contribution is 2.26. The van der Waals surface area contributed by atoms with Gasteiger partial charge in [0.25, 0.3) is 10.0 Å². The minimum atomic E-state index is -4.14. The highest BCUT2D eigenvalue weighted by atomic mass is 32.2. The third-order valence-corrected chi connectivity index (χ3v) is 8.52. The molecule has 3 rings (SSSR count). The van der Waals surface area contributed by atoms with Crippen molar-refractivity contribution < 1.29 is 22.7 Å². The minimum absolute atomic E-state index is 0.0344. The van der Waals surface area contributed by atoms with Crippen LogP contribution in [0, 0.1) is 13.8 Å². The number of benzene rings is 3. The predicted molar refractivity (Wildman–Crippen MR) is 162 cm³/mol. The number of rotatable bonds is 14. The van der Waals surface area contributed by atoms with E-state index >= 15 is 0 Å². The van der Waals surface area contributed by atoms with E-state index in [9.17, 15) is 18.0 Å². The van der Waals surface area contributed by atoms with Gasteiger partial charge in [0.05, 0.1) is 17.2 Å². The molecule has 0 aliphatic heterocycles. The van der Waals surface area contributed by atoms with Gasteiger partial charge in [0.2, 0.25) is 11.8 Å². The Balaban J connectivity index is 2.03. The lowest BCUT2D eigenvalue weighted by Gasteiger charge is -2.33. The van der Waals surface area contributed by atoms with Crippen molar-refractivity contribution >= 4 is 27.5 Å². The molecular weight excluding hydrogens is 538 g/mol. The number of hydrogen-bond acceptors (Lipinski definition) is 5. The fraction of sp³-hybridized carbons (Fsp3) is 0.375. The molecule has 1 atom stereocenters. The molecule has 0 aliphatic rings. The van der Waals surface area contributed by atoms with Crippen LogP contribution in [0.2, 0.25) is 0 Å². The maximum absolute atomic E-state index is 14.1. The molecule has 220 valence electrons. The van der Waals surface area contributed by atoms with Crippen LogP contribution in [0.3, 0.4) is 0 Å². The number of hydrogen-bond donors (Lipinski definition) is 1. The van der Waals surface area contributed by atoms with E-state index in [1.54, 1.807) is 36.4 Å². The average Bonchev–Trinajstić information content (AvgIpc) is 2.96. The number of ether oxygens (including phenoxy) is 1. The van der Waals surface area contributed by atoms with E-state index in [-0.39, 0.29) is 17.3 Å². The summed E-state index contributed by atoms with van der Waals surface area (Å²) in [6.45, 7) is 10.2. The molecule has 41 heavy (non-hydrogen) atoms. The molecule has 0 spiro atoms. The van der Waals surface area contributed by atoms with Gasteiger partial charge in [0.1, 0.15) is 18.3 Å². The van der Waals surface area contributed by atoms with Gasteiger partial charge in [-0.2, -0.15) is 0 Å². The molecule has 3 aromatic rings. The Morgan fingerprint density at radius 2 is 1.44 bits per heavy atom. The molecule has 2 amide bonds. The van der Waals surface area contributed by atoms with Crippen LogP contribution in [-0.2, 0) is 26.2 Å². The van der Waals surface area contributed by atoms with E-state index in [0.29, 0.717) is 31.0 Å². The Hall–Kier alpha value is -3.85. The second kappa shape index (κ2) is 14.7. The molecule has 0 saturated heterocycles. The van der Waals surface area contributed by atoms with Crippen molar-refractivity contribution in [2.75, 3.05) is 24.0 Å². The number of carbonyl (C=O) groups is 2. The summed E-state index contributed by atoms with van der Waals surface area (Å²) < 4.78 is 34.6. The van der Waals surface area contributed by atoms with Crippen LogP contribution in [0.4, 0.5) is 5.69 Å². The summed E-state index contributed by atoms with van der Waals surface area (Å²) in [5.41, 5.74) is 3.24. The SMILES string of the molecule is CCCNC(=O)[C@@H](CC)N(Cc1ccc(C)cc1)C(=O)CN(c1ccc(C)cc1)S(=O)(=O)c1ccc(OCC)cc1. The summed E-state index contributed by atoms with van der Waals surface area (Å²) in [7, 11) is -4.14. The van der Waals surface area contributed by atoms with Gasteiger partial charge in [-0.05, 0) is 75.6 Å². The first-order valence-corrected chi connectivity index (χ1v) is 15.5. The second-order valence-corrected chi connectivity index (χ2v) is 11.8. The maximum atomic E-state index is 14.1. The van der Waals surface area contributed by atoms with Gasteiger partial charge in [0, 0.05) is 13.1 Å². The van der Waals surface area contributed by atoms with Crippen LogP contribution in [0.15, 0.2) is 77.7 Å². The normalized spacial score (nSPS) is 11.9. The zero-order chi connectivity index (χ0) is 30.0. The van der Waals surface area contributed by atoms with Gasteiger partial charge in [-0.1, -0.05) is 61.4 Å². The van der Waals surface area contributed by atoms with Gasteiger partial charge in [0.15, 0.2) is 0 Å². The summed E-state index contributed by atoms with van der Waals surface area (Å²) >= 11 is 0. The molecule has 3 aromatic carbocycles. The Labute approximate surface area is 244 Å². The number of nitrogens with one attached hydrogen (secondary N) is 1. The Kier molecular flexibility index (Phi) is 11.3. The van der Waals surface area contributed by atoms with Crippen LogP contribution in [-0.4, -0.2) is 50.9 Å². The molecule has 0 fully saturated rings. The molecule has 0 radical (unpaired) electrons. The lowest BCUT2D eigenvalue weighted by molar-refractivity contribution is -0.140. The highest BCUT2D eigenvalue weighted by molar-refractivity contribution is 7.92. The monoisotopic (exact) mass is 579 g/mol. The number of aryl methyl sites for hydroxylation is 2. The van der Waals surface area contributed by atoms with Crippen molar-refractivity contribution in [2.24, 2.45) is 0 Å². The van der Waals surface area contributed by atoms with Gasteiger partial charge in [-0.3, -0.25) is 13.9 Å². The fourth-order valence-corrected chi connectivity index (χ4v) is 5.83. The Morgan fingerprint density at radius 3 is 1.98 bits per heavy atom. The van der Waals surface area contributed by atoms with Crippen molar-refractivity contribution in [3.8, 4) is 5.75 Å². The number of amides is 2. The van der Waals surface area contributed by atoms with E-state index in [2.05, 4.69) is 5.32 Å². The van der Waals surface area contributed by atoms with Crippen LogP contribution in [0.5, 0.6) is 5.75 Å². The van der Waals surface area contributed by atoms with Crippen LogP contribution in [0.1, 0.15) is 50.3 Å². The third kappa shape index (κ3) is 8.33. The van der Waals surface area contributed by atoms with Crippen molar-refractivity contribution in [2.45, 2.75) is 64.9 Å². The molecule has 0 saturated carbocycles. The van der Waals surface area contributed by atoms with Gasteiger partial charge in [-0.25, -0.2) is 8.42 Å². The Morgan fingerprint density at radius 1 is 0.854 bits per heavy atom. The molecule has 8 nitrogen and oxygen atoms in total. The van der Waals surface area contributed by atoms with Crippen LogP contribution < -0.4 is 14.4 Å². The average molecular weight is 580 g/mol. The van der Waals surface area contributed by atoms with Crippen LogP contribution in [0.25, 0.3) is 0 Å². The van der Waals surface area contributed by atoms with Crippen LogP contribution >= 0.6 is 0 Å². The smallest absolute Gasteiger partial charge is 0.264 e. The number of sulfonamides is 1. The molecule has 1 N–H and O–H groups in total. The van der Waals surface area contributed by atoms with E-state index in [4.69, 9.17) is 4.74 Å². The molecule has 9 heteroatoms. The lowest BCUT2D eigenvalue weighted by atomic mass is 10.1. The molecule has 0 heterocycles. The van der Waals surface area contributed by atoms with E-state index in [1.807, 2.05) is 58.9 Å². The fourth-order valence-electron chi connectivity index (χ4n) is 4.42. The predicted octanol–water partition coefficient (Wildman–Crippen LogP) is 5.23. The van der Waals surface area contributed by atoms with Crippen molar-refractivity contribution in [1.29, 1.82) is 0 Å². The van der Waals surface area contributed by atoms with Gasteiger partial charge >= 0.3 is 0 Å². The highest BCUT2D eigenvalue weighted by Gasteiger charge is 2.33. The standard InChI is InChI=1S/C32H41N3O5S/c1-6-21-33-32(37)30(7-2)34(22-26-13-9-24(4)10-14-26)31(36)23-35(27-15-11-25(5)12-16-27)41(38,39)29-19-17-28(18-20-29)40-8-3/h9-20,30H,6-8,21-23H2,1-5H3,(H,33,37)/t30-/m1/s1. The molecule has 0 bridgehead atoms. The van der Waals surface area contributed by atoms with Crippen molar-refractivity contribution in [3.05, 3.63) is 89.5 Å². The zero-order valence-electron chi connectivity index (χ0n) is 24.6. The lowest BCUT2D eigenvalue weighted by Crippen LogP contribution is -2.52. The topological polar surface area (TPSA) is 96.0 Å². The first kappa shape index (κ1) is 31.7. The first-order chi connectivity index (χ1) is 19.6. The summed E-state index contributed by atoms with van der Waals surface area (Å²) in [6.07, 6.45) is 1.14. The number of carbonyl (C=O) groups excluding carboxylic acids is 2. The summed E-state index contributed by atoms with van der Waals surface area (Å²) in [4.78, 5) is 28.8. The molecule has 0 aromatic heterocycles. The van der Waals surface area contributed by atoms with E-state index in [0.717, 1.165) is 27.4 Å².